The van der Waals surface area contributed by atoms with E-state index in [2.05, 4.69) is 4.90 Å². The summed E-state index contributed by atoms with van der Waals surface area (Å²) in [5.74, 6) is 0.985. The maximum Gasteiger partial charge on any atom is 0.0180 e. The van der Waals surface area contributed by atoms with Crippen LogP contribution in [0, 0.1) is 5.92 Å². The standard InChI is InChI=1S/C11H22N2/c12-11-6-7-13(9-11)8-10-4-2-1-3-5-10/h10-11H,1-9,12H2/t11-/m0/s1. The summed E-state index contributed by atoms with van der Waals surface area (Å²) >= 11 is 0. The van der Waals surface area contributed by atoms with E-state index in [-0.39, 0.29) is 0 Å². The summed E-state index contributed by atoms with van der Waals surface area (Å²) in [5.41, 5.74) is 5.89. The third-order valence-electron chi connectivity index (χ3n) is 3.55. The van der Waals surface area contributed by atoms with Crippen molar-refractivity contribution in [2.45, 2.75) is 44.6 Å². The van der Waals surface area contributed by atoms with Crippen LogP contribution in [-0.4, -0.2) is 30.6 Å². The second-order valence-corrected chi connectivity index (χ2v) is 4.81. The lowest BCUT2D eigenvalue weighted by atomic mass is 9.89. The molecule has 0 aromatic rings. The number of likely N-dealkylation sites (tertiary alicyclic amines) is 1. The Kier molecular flexibility index (Phi) is 3.23. The van der Waals surface area contributed by atoms with Crippen LogP contribution < -0.4 is 5.73 Å². The minimum absolute atomic E-state index is 0.462. The molecule has 0 aromatic carbocycles. The smallest absolute Gasteiger partial charge is 0.0180 e. The lowest BCUT2D eigenvalue weighted by Gasteiger charge is -2.26. The number of rotatable bonds is 2. The van der Waals surface area contributed by atoms with Gasteiger partial charge in [-0.05, 0) is 31.7 Å². The maximum atomic E-state index is 5.89. The first-order valence-corrected chi connectivity index (χ1v) is 5.82. The maximum absolute atomic E-state index is 5.89. The first kappa shape index (κ1) is 9.47. The molecule has 1 aliphatic heterocycles. The topological polar surface area (TPSA) is 29.3 Å². The molecule has 1 heterocycles. The molecule has 0 aromatic heterocycles. The van der Waals surface area contributed by atoms with E-state index in [1.807, 2.05) is 0 Å². The van der Waals surface area contributed by atoms with Crippen molar-refractivity contribution in [1.29, 1.82) is 0 Å². The highest BCUT2D eigenvalue weighted by Gasteiger charge is 2.22. The Labute approximate surface area is 81.5 Å². The SMILES string of the molecule is N[C@H]1CCN(CC2CCCCC2)C1. The number of nitrogens with zero attached hydrogens (tertiary/aromatic N) is 1. The zero-order valence-corrected chi connectivity index (χ0v) is 8.54. The summed E-state index contributed by atoms with van der Waals surface area (Å²) in [6.07, 6.45) is 8.54. The first-order valence-electron chi connectivity index (χ1n) is 5.82. The molecule has 1 saturated carbocycles. The highest BCUT2D eigenvalue weighted by Crippen LogP contribution is 2.25. The Hall–Kier alpha value is -0.0800. The average molecular weight is 182 g/mol. The van der Waals surface area contributed by atoms with Gasteiger partial charge in [0.25, 0.3) is 0 Å². The van der Waals surface area contributed by atoms with Crippen LogP contribution in [0.15, 0.2) is 0 Å². The molecule has 1 atom stereocenters. The third-order valence-corrected chi connectivity index (χ3v) is 3.55. The average Bonchev–Trinajstić information content (AvgIpc) is 2.53. The molecule has 0 spiro atoms. The first-order chi connectivity index (χ1) is 6.34. The van der Waals surface area contributed by atoms with E-state index in [4.69, 9.17) is 5.73 Å². The molecule has 2 rings (SSSR count). The lowest BCUT2D eigenvalue weighted by molar-refractivity contribution is 0.232. The summed E-state index contributed by atoms with van der Waals surface area (Å²) < 4.78 is 0. The zero-order chi connectivity index (χ0) is 9.10. The van der Waals surface area contributed by atoms with Crippen molar-refractivity contribution in [3.63, 3.8) is 0 Å². The van der Waals surface area contributed by atoms with Crippen molar-refractivity contribution >= 4 is 0 Å². The second kappa shape index (κ2) is 4.43. The van der Waals surface area contributed by atoms with Crippen LogP contribution in [0.5, 0.6) is 0 Å². The quantitative estimate of drug-likeness (QED) is 0.703. The summed E-state index contributed by atoms with van der Waals surface area (Å²) in [6.45, 7) is 3.72. The Bertz CT molecular complexity index is 149. The van der Waals surface area contributed by atoms with E-state index in [0.29, 0.717) is 6.04 Å². The van der Waals surface area contributed by atoms with Gasteiger partial charge >= 0.3 is 0 Å². The molecule has 2 N–H and O–H groups in total. The van der Waals surface area contributed by atoms with Crippen LogP contribution in [0.3, 0.4) is 0 Å². The van der Waals surface area contributed by atoms with Gasteiger partial charge in [-0.2, -0.15) is 0 Å². The van der Waals surface area contributed by atoms with Gasteiger partial charge in [0.2, 0.25) is 0 Å². The molecular formula is C11H22N2. The van der Waals surface area contributed by atoms with Gasteiger partial charge in [-0.3, -0.25) is 0 Å². The molecular weight excluding hydrogens is 160 g/mol. The molecule has 0 unspecified atom stereocenters. The third kappa shape index (κ3) is 2.68. The Morgan fingerprint density at radius 2 is 1.85 bits per heavy atom. The van der Waals surface area contributed by atoms with Crippen LogP contribution >= 0.6 is 0 Å². The Morgan fingerprint density at radius 3 is 2.46 bits per heavy atom. The van der Waals surface area contributed by atoms with Crippen LogP contribution in [0.25, 0.3) is 0 Å². The van der Waals surface area contributed by atoms with Crippen LogP contribution in [0.2, 0.25) is 0 Å². The van der Waals surface area contributed by atoms with E-state index >= 15 is 0 Å². The van der Waals surface area contributed by atoms with Crippen LogP contribution in [0.1, 0.15) is 38.5 Å². The summed E-state index contributed by atoms with van der Waals surface area (Å²) in [5, 5.41) is 0. The number of hydrogen-bond acceptors (Lipinski definition) is 2. The normalized spacial score (nSPS) is 32.5. The van der Waals surface area contributed by atoms with Crippen LogP contribution in [-0.2, 0) is 0 Å². The predicted octanol–water partition coefficient (Wildman–Crippen LogP) is 1.60. The molecule has 2 fully saturated rings. The van der Waals surface area contributed by atoms with E-state index in [1.165, 1.54) is 51.6 Å². The van der Waals surface area contributed by atoms with E-state index < -0.39 is 0 Å². The van der Waals surface area contributed by atoms with Crippen molar-refractivity contribution in [2.75, 3.05) is 19.6 Å². The predicted molar refractivity (Wildman–Crippen MR) is 55.6 cm³/mol. The van der Waals surface area contributed by atoms with Gasteiger partial charge in [-0.25, -0.2) is 0 Å². The fraction of sp³-hybridized carbons (Fsp3) is 1.00. The fourth-order valence-corrected chi connectivity index (χ4v) is 2.76. The lowest BCUT2D eigenvalue weighted by Crippen LogP contribution is -2.31. The number of nitrogens with two attached hydrogens (primary N) is 1. The van der Waals surface area contributed by atoms with E-state index in [9.17, 15) is 0 Å². The van der Waals surface area contributed by atoms with Gasteiger partial charge in [0, 0.05) is 19.1 Å². The molecule has 13 heavy (non-hydrogen) atoms. The van der Waals surface area contributed by atoms with Gasteiger partial charge < -0.3 is 10.6 Å². The highest BCUT2D eigenvalue weighted by molar-refractivity contribution is 4.80. The highest BCUT2D eigenvalue weighted by atomic mass is 15.2. The molecule has 1 saturated heterocycles. The molecule has 2 heteroatoms. The molecule has 0 radical (unpaired) electrons. The Balaban J connectivity index is 1.71. The van der Waals surface area contributed by atoms with Crippen molar-refractivity contribution < 1.29 is 0 Å². The largest absolute Gasteiger partial charge is 0.326 e. The molecule has 1 aliphatic carbocycles. The molecule has 2 nitrogen and oxygen atoms in total. The van der Waals surface area contributed by atoms with Gasteiger partial charge in [0.15, 0.2) is 0 Å². The molecule has 2 aliphatic rings. The minimum Gasteiger partial charge on any atom is -0.326 e. The van der Waals surface area contributed by atoms with Gasteiger partial charge in [-0.15, -0.1) is 0 Å². The van der Waals surface area contributed by atoms with Gasteiger partial charge in [0.05, 0.1) is 0 Å². The van der Waals surface area contributed by atoms with E-state index in [1.54, 1.807) is 0 Å². The van der Waals surface area contributed by atoms with E-state index in [0.717, 1.165) is 12.5 Å². The summed E-state index contributed by atoms with van der Waals surface area (Å²) in [6, 6.07) is 0.462. The fourth-order valence-electron chi connectivity index (χ4n) is 2.76. The number of hydrogen-bond donors (Lipinski definition) is 1. The summed E-state index contributed by atoms with van der Waals surface area (Å²) in [4.78, 5) is 2.57. The Morgan fingerprint density at radius 1 is 1.08 bits per heavy atom. The monoisotopic (exact) mass is 182 g/mol. The molecule has 76 valence electrons. The summed E-state index contributed by atoms with van der Waals surface area (Å²) in [7, 11) is 0. The van der Waals surface area contributed by atoms with Crippen molar-refractivity contribution in [3.05, 3.63) is 0 Å². The van der Waals surface area contributed by atoms with Crippen molar-refractivity contribution in [3.8, 4) is 0 Å². The van der Waals surface area contributed by atoms with Crippen LogP contribution in [0.4, 0.5) is 0 Å². The molecule has 0 amide bonds. The van der Waals surface area contributed by atoms with Gasteiger partial charge in [-0.1, -0.05) is 19.3 Å². The van der Waals surface area contributed by atoms with Crippen molar-refractivity contribution in [2.24, 2.45) is 11.7 Å². The van der Waals surface area contributed by atoms with Crippen molar-refractivity contribution in [1.82, 2.24) is 4.90 Å². The van der Waals surface area contributed by atoms with Gasteiger partial charge in [0.1, 0.15) is 0 Å². The molecule has 0 bridgehead atoms. The zero-order valence-electron chi connectivity index (χ0n) is 8.54. The minimum atomic E-state index is 0.462. The second-order valence-electron chi connectivity index (χ2n) is 4.81.